The molecular weight excluding hydrogens is 416 g/mol. The Labute approximate surface area is 112 Å². The van der Waals surface area contributed by atoms with Crippen molar-refractivity contribution in [1.82, 2.24) is 9.97 Å². The quantitative estimate of drug-likeness (QED) is 0.420. The molecule has 1 aliphatic rings. The summed E-state index contributed by atoms with van der Waals surface area (Å²) in [4.78, 5) is 8.34. The molecule has 1 aliphatic heterocycles. The fourth-order valence-corrected chi connectivity index (χ4v) is 5.74. The molecule has 0 aliphatic carbocycles. The first kappa shape index (κ1) is 9.76. The van der Waals surface area contributed by atoms with Gasteiger partial charge in [-0.2, -0.15) is 0 Å². The van der Waals surface area contributed by atoms with E-state index in [0.717, 1.165) is 0 Å². The summed E-state index contributed by atoms with van der Waals surface area (Å²) in [6.07, 6.45) is 7.60. The molecule has 0 unspecified atom stereocenters. The van der Waals surface area contributed by atoms with Gasteiger partial charge in [-0.05, 0) is 0 Å². The Bertz CT molecular complexity index is 470. The van der Waals surface area contributed by atoms with E-state index < -0.39 is 0 Å². The molecule has 0 radical (unpaired) electrons. The van der Waals surface area contributed by atoms with E-state index in [4.69, 9.17) is 0 Å². The third-order valence-electron chi connectivity index (χ3n) is 2.12. The van der Waals surface area contributed by atoms with Crippen LogP contribution in [0.1, 0.15) is 0 Å². The molecule has 76 valence electrons. The van der Waals surface area contributed by atoms with Gasteiger partial charge in [0, 0.05) is 0 Å². The average Bonchev–Trinajstić information content (AvgIpc) is 2.30. The van der Waals surface area contributed by atoms with Gasteiger partial charge in [0.25, 0.3) is 0 Å². The summed E-state index contributed by atoms with van der Waals surface area (Å²) in [5.74, 6) is 0. The van der Waals surface area contributed by atoms with Crippen LogP contribution in [0.3, 0.4) is 0 Å². The van der Waals surface area contributed by atoms with Crippen molar-refractivity contribution in [3.8, 4) is 0 Å². The van der Waals surface area contributed by atoms with Crippen LogP contribution in [-0.2, 0) is 0 Å². The van der Waals surface area contributed by atoms with E-state index in [1.54, 1.807) is 0 Å². The molecule has 3 heterocycles. The monoisotopic (exact) mass is 422 g/mol. The van der Waals surface area contributed by atoms with Crippen molar-refractivity contribution >= 4 is 34.2 Å². The number of rotatable bonds is 0. The molecule has 2 aromatic rings. The van der Waals surface area contributed by atoms with Crippen LogP contribution in [0.25, 0.3) is 0 Å². The van der Waals surface area contributed by atoms with Gasteiger partial charge >= 0.3 is 113 Å². The number of hydrogen-bond acceptors (Lipinski definition) is 3. The second kappa shape index (κ2) is 3.85. The number of hydrogen-bond donors (Lipinski definition) is 0. The van der Waals surface area contributed by atoms with E-state index in [0.29, 0.717) is 0 Å². The molecule has 0 amide bonds. The van der Waals surface area contributed by atoms with Gasteiger partial charge in [-0.1, -0.05) is 0 Å². The normalized spacial score (nSPS) is 13.8. The summed E-state index contributed by atoms with van der Waals surface area (Å²) >= 11 is 2.23. The SMILES string of the molecule is IN1c2cnccc2[I-]c2ccncc21. The minimum absolute atomic E-state index is 0.0784. The van der Waals surface area contributed by atoms with Crippen molar-refractivity contribution in [1.29, 1.82) is 0 Å². The molecule has 5 heteroatoms. The van der Waals surface area contributed by atoms with Crippen LogP contribution < -0.4 is 24.3 Å². The van der Waals surface area contributed by atoms with Crippen LogP contribution in [0.15, 0.2) is 36.9 Å². The number of pyridine rings is 2. The van der Waals surface area contributed by atoms with Crippen molar-refractivity contribution < 1.29 is 21.2 Å². The van der Waals surface area contributed by atoms with Gasteiger partial charge in [-0.3, -0.25) is 0 Å². The number of halogens is 2. The molecule has 2 aromatic heterocycles. The zero-order chi connectivity index (χ0) is 10.3. The maximum atomic E-state index is 4.17. The molecule has 0 saturated heterocycles. The first-order valence-corrected chi connectivity index (χ1v) is 7.47. The van der Waals surface area contributed by atoms with E-state index in [1.807, 2.05) is 24.8 Å². The van der Waals surface area contributed by atoms with Crippen molar-refractivity contribution in [2.24, 2.45) is 0 Å². The fraction of sp³-hybridized carbons (Fsp3) is 0. The van der Waals surface area contributed by atoms with Crippen LogP contribution in [-0.4, -0.2) is 9.97 Å². The van der Waals surface area contributed by atoms with E-state index in [-0.39, 0.29) is 21.2 Å². The maximum absolute atomic E-state index is 4.17. The zero-order valence-electron chi connectivity index (χ0n) is 7.56. The standard InChI is InChI=1S/C10H6I2N3/c11-15-9-5-13-3-1-7(9)12-8-2-4-14-6-10(8)15/h1-6H/q-1. The summed E-state index contributed by atoms with van der Waals surface area (Å²) in [7, 11) is 0. The summed E-state index contributed by atoms with van der Waals surface area (Å²) in [5.41, 5.74) is 2.43. The van der Waals surface area contributed by atoms with Crippen LogP contribution >= 0.6 is 22.9 Å². The second-order valence-electron chi connectivity index (χ2n) is 3.03. The van der Waals surface area contributed by atoms with Crippen LogP contribution in [0.5, 0.6) is 0 Å². The van der Waals surface area contributed by atoms with E-state index in [2.05, 4.69) is 48.1 Å². The van der Waals surface area contributed by atoms with Gasteiger partial charge in [-0.25, -0.2) is 0 Å². The van der Waals surface area contributed by atoms with E-state index in [9.17, 15) is 0 Å². The van der Waals surface area contributed by atoms with Crippen molar-refractivity contribution in [3.63, 3.8) is 0 Å². The van der Waals surface area contributed by atoms with Gasteiger partial charge in [0.1, 0.15) is 0 Å². The van der Waals surface area contributed by atoms with Gasteiger partial charge < -0.3 is 0 Å². The Morgan fingerprint density at radius 1 is 1.00 bits per heavy atom. The predicted octanol–water partition coefficient (Wildman–Crippen LogP) is -0.594. The number of anilines is 2. The van der Waals surface area contributed by atoms with Gasteiger partial charge in [0.05, 0.1) is 0 Å². The molecule has 15 heavy (non-hydrogen) atoms. The van der Waals surface area contributed by atoms with Crippen molar-refractivity contribution in [2.45, 2.75) is 0 Å². The molecule has 3 nitrogen and oxygen atoms in total. The van der Waals surface area contributed by atoms with Gasteiger partial charge in [0.15, 0.2) is 0 Å². The zero-order valence-corrected chi connectivity index (χ0v) is 11.9. The number of aromatic nitrogens is 2. The van der Waals surface area contributed by atoms with Crippen LogP contribution in [0.2, 0.25) is 0 Å². The molecule has 0 aromatic carbocycles. The third kappa shape index (κ3) is 1.61. The molecule has 0 N–H and O–H groups in total. The molecule has 0 saturated carbocycles. The molecule has 3 rings (SSSR count). The first-order chi connectivity index (χ1) is 7.36. The summed E-state index contributed by atoms with van der Waals surface area (Å²) in [6.45, 7) is 0. The number of nitrogens with zero attached hydrogens (tertiary/aromatic N) is 3. The molecule has 0 atom stereocenters. The first-order valence-electron chi connectivity index (χ1n) is 4.35. The Morgan fingerprint density at radius 3 is 2.07 bits per heavy atom. The predicted molar refractivity (Wildman–Crippen MR) is 62.0 cm³/mol. The molecule has 0 bridgehead atoms. The Kier molecular flexibility index (Phi) is 2.51. The average molecular weight is 422 g/mol. The summed E-state index contributed by atoms with van der Waals surface area (Å²) in [6, 6.07) is 4.25. The van der Waals surface area contributed by atoms with Crippen LogP contribution in [0, 0.1) is 7.14 Å². The molecular formula is C10H6I2N3-. The second-order valence-corrected chi connectivity index (χ2v) is 6.86. The van der Waals surface area contributed by atoms with Gasteiger partial charge in [0.2, 0.25) is 0 Å². The third-order valence-corrected chi connectivity index (χ3v) is 6.15. The fourth-order valence-electron chi connectivity index (χ4n) is 1.43. The molecule has 0 fully saturated rings. The van der Waals surface area contributed by atoms with Gasteiger partial charge in [-0.15, -0.1) is 0 Å². The summed E-state index contributed by atoms with van der Waals surface area (Å²) < 4.78 is 5.00. The van der Waals surface area contributed by atoms with Crippen molar-refractivity contribution in [3.05, 3.63) is 44.1 Å². The minimum atomic E-state index is -0.0784. The number of fused-ring (bicyclic) bond motifs is 2. The Balaban J connectivity index is 2.20. The van der Waals surface area contributed by atoms with Crippen molar-refractivity contribution in [2.75, 3.05) is 3.11 Å². The Morgan fingerprint density at radius 2 is 1.53 bits per heavy atom. The topological polar surface area (TPSA) is 29.0 Å². The summed E-state index contributed by atoms with van der Waals surface area (Å²) in [5, 5.41) is 0. The van der Waals surface area contributed by atoms with E-state index in [1.165, 1.54) is 18.5 Å². The Hall–Kier alpha value is -0.440. The molecule has 0 spiro atoms. The van der Waals surface area contributed by atoms with E-state index >= 15 is 0 Å². The van der Waals surface area contributed by atoms with Crippen LogP contribution in [0.4, 0.5) is 11.4 Å².